The van der Waals surface area contributed by atoms with Crippen LogP contribution in [0, 0.1) is 0 Å². The van der Waals surface area contributed by atoms with Crippen molar-refractivity contribution in [2.45, 2.75) is 23.4 Å². The van der Waals surface area contributed by atoms with Gasteiger partial charge in [0.05, 0.1) is 23.5 Å². The van der Waals surface area contributed by atoms with E-state index >= 15 is 0 Å². The highest BCUT2D eigenvalue weighted by Gasteiger charge is 2.41. The highest BCUT2D eigenvalue weighted by atomic mass is 32.2. The van der Waals surface area contributed by atoms with Crippen molar-refractivity contribution in [2.75, 3.05) is 20.2 Å². The van der Waals surface area contributed by atoms with Crippen molar-refractivity contribution in [3.8, 4) is 5.75 Å². The van der Waals surface area contributed by atoms with Gasteiger partial charge in [0.1, 0.15) is 5.75 Å². The molecule has 0 unspecified atom stereocenters. The molecule has 0 spiro atoms. The Hall–Kier alpha value is -2.92. The Labute approximate surface area is 176 Å². The van der Waals surface area contributed by atoms with Gasteiger partial charge >= 0.3 is 6.18 Å². The average Bonchev–Trinajstić information content (AvgIpc) is 3.14. The number of hydrogen-bond acceptors (Lipinski definition) is 6. The predicted molar refractivity (Wildman–Crippen MR) is 103 cm³/mol. The maximum Gasteiger partial charge on any atom is 0.416 e. The van der Waals surface area contributed by atoms with Crippen LogP contribution in [0.2, 0.25) is 0 Å². The lowest BCUT2D eigenvalue weighted by Crippen LogP contribution is -2.48. The molecule has 0 bridgehead atoms. The highest BCUT2D eigenvalue weighted by molar-refractivity contribution is 7.89. The van der Waals surface area contributed by atoms with Crippen LogP contribution >= 0.6 is 0 Å². The smallest absolute Gasteiger partial charge is 0.416 e. The summed E-state index contributed by atoms with van der Waals surface area (Å²) in [4.78, 5) is 3.94. The molecule has 0 atom stereocenters. The summed E-state index contributed by atoms with van der Waals surface area (Å²) in [5, 5.41) is 3.94. The number of aromatic nitrogens is 2. The molecule has 164 valence electrons. The molecular formula is C20H18F3N3O4S. The Morgan fingerprint density at radius 1 is 1.16 bits per heavy atom. The summed E-state index contributed by atoms with van der Waals surface area (Å²) in [6, 6.07) is 11.1. The summed E-state index contributed by atoms with van der Waals surface area (Å²) >= 11 is 0. The van der Waals surface area contributed by atoms with Gasteiger partial charge < -0.3 is 9.26 Å². The van der Waals surface area contributed by atoms with E-state index in [1.54, 1.807) is 7.11 Å². The fraction of sp³-hybridized carbons (Fsp3) is 0.300. The number of benzene rings is 2. The van der Waals surface area contributed by atoms with Crippen LogP contribution in [0.5, 0.6) is 5.75 Å². The van der Waals surface area contributed by atoms with E-state index in [0.717, 1.165) is 28.1 Å². The Morgan fingerprint density at radius 3 is 2.61 bits per heavy atom. The normalized spacial score (nSPS) is 15.6. The van der Waals surface area contributed by atoms with E-state index in [2.05, 4.69) is 10.1 Å². The second-order valence-corrected chi connectivity index (χ2v) is 9.02. The van der Waals surface area contributed by atoms with Crippen LogP contribution in [0.15, 0.2) is 57.9 Å². The third-order valence-electron chi connectivity index (χ3n) is 5.02. The molecule has 3 aromatic rings. The van der Waals surface area contributed by atoms with E-state index in [1.165, 1.54) is 0 Å². The summed E-state index contributed by atoms with van der Waals surface area (Å²) in [5.74, 6) is 1.09. The number of alkyl halides is 3. The Kier molecular flexibility index (Phi) is 5.48. The number of methoxy groups -OCH3 is 1. The fourth-order valence-electron chi connectivity index (χ4n) is 3.30. The minimum Gasteiger partial charge on any atom is -0.496 e. The Morgan fingerprint density at radius 2 is 1.90 bits per heavy atom. The first-order chi connectivity index (χ1) is 14.7. The first kappa shape index (κ1) is 21.3. The van der Waals surface area contributed by atoms with Gasteiger partial charge in [0.25, 0.3) is 0 Å². The molecule has 7 nitrogen and oxygen atoms in total. The standard InChI is InChI=1S/C20H18F3N3O4S/c1-29-17-8-3-2-5-13(17)9-18-24-19(30-25-18)14-11-26(12-14)31(27,28)16-7-4-6-15(10-16)20(21,22)23/h2-8,10,14H,9,11-12H2,1H3. The molecule has 0 N–H and O–H groups in total. The van der Waals surface area contributed by atoms with Crippen LogP contribution in [0.4, 0.5) is 13.2 Å². The number of halogens is 3. The number of nitrogens with zero attached hydrogens (tertiary/aromatic N) is 3. The number of sulfonamides is 1. The van der Waals surface area contributed by atoms with Gasteiger partial charge in [-0.05, 0) is 24.3 Å². The molecule has 1 fully saturated rings. The molecule has 1 saturated heterocycles. The molecule has 2 heterocycles. The maximum atomic E-state index is 12.9. The van der Waals surface area contributed by atoms with Crippen LogP contribution in [0.3, 0.4) is 0 Å². The van der Waals surface area contributed by atoms with Crippen LogP contribution in [-0.4, -0.2) is 43.1 Å². The van der Waals surface area contributed by atoms with Gasteiger partial charge in [-0.2, -0.15) is 22.5 Å². The van der Waals surface area contributed by atoms with Crippen LogP contribution < -0.4 is 4.74 Å². The zero-order chi connectivity index (χ0) is 22.2. The van der Waals surface area contributed by atoms with Gasteiger partial charge in [0.2, 0.25) is 15.9 Å². The van der Waals surface area contributed by atoms with Gasteiger partial charge in [0.15, 0.2) is 5.82 Å². The van der Waals surface area contributed by atoms with E-state index < -0.39 is 26.7 Å². The van der Waals surface area contributed by atoms with Crippen LogP contribution in [-0.2, 0) is 22.6 Å². The van der Waals surface area contributed by atoms with E-state index in [-0.39, 0.29) is 19.0 Å². The maximum absolute atomic E-state index is 12.9. The molecule has 11 heteroatoms. The van der Waals surface area contributed by atoms with Crippen molar-refractivity contribution >= 4 is 10.0 Å². The molecule has 31 heavy (non-hydrogen) atoms. The minimum atomic E-state index is -4.62. The third kappa shape index (κ3) is 4.28. The summed E-state index contributed by atoms with van der Waals surface area (Å²) in [6.45, 7) is 0.101. The van der Waals surface area contributed by atoms with Gasteiger partial charge in [-0.1, -0.05) is 29.4 Å². The summed E-state index contributed by atoms with van der Waals surface area (Å²) in [6.07, 6.45) is -4.24. The molecule has 2 aromatic carbocycles. The average molecular weight is 453 g/mol. The molecule has 0 saturated carbocycles. The van der Waals surface area contributed by atoms with Gasteiger partial charge in [-0.3, -0.25) is 0 Å². The monoisotopic (exact) mass is 453 g/mol. The molecule has 0 amide bonds. The molecule has 0 aliphatic carbocycles. The zero-order valence-corrected chi connectivity index (χ0v) is 17.2. The number of para-hydroxylation sites is 1. The van der Waals surface area contributed by atoms with Gasteiger partial charge in [0, 0.05) is 25.1 Å². The van der Waals surface area contributed by atoms with Crippen LogP contribution in [0.25, 0.3) is 0 Å². The second-order valence-electron chi connectivity index (χ2n) is 7.08. The van der Waals surface area contributed by atoms with E-state index in [9.17, 15) is 21.6 Å². The highest BCUT2D eigenvalue weighted by Crippen LogP contribution is 2.34. The fourth-order valence-corrected chi connectivity index (χ4v) is 4.87. The first-order valence-corrected chi connectivity index (χ1v) is 10.7. The number of ether oxygens (including phenoxy) is 1. The van der Waals surface area contributed by atoms with Crippen molar-refractivity contribution in [2.24, 2.45) is 0 Å². The quantitative estimate of drug-likeness (QED) is 0.568. The third-order valence-corrected chi connectivity index (χ3v) is 6.85. The molecule has 0 radical (unpaired) electrons. The molecular weight excluding hydrogens is 435 g/mol. The van der Waals surface area contributed by atoms with E-state index in [1.807, 2.05) is 24.3 Å². The second kappa shape index (κ2) is 7.97. The molecule has 1 aromatic heterocycles. The lowest BCUT2D eigenvalue weighted by Gasteiger charge is -2.35. The molecule has 1 aliphatic heterocycles. The molecule has 4 rings (SSSR count). The Balaban J connectivity index is 1.44. The first-order valence-electron chi connectivity index (χ1n) is 9.30. The lowest BCUT2D eigenvalue weighted by atomic mass is 10.0. The lowest BCUT2D eigenvalue weighted by molar-refractivity contribution is -0.137. The summed E-state index contributed by atoms with van der Waals surface area (Å²) in [5.41, 5.74) is -0.136. The van der Waals surface area contributed by atoms with Crippen molar-refractivity contribution in [1.29, 1.82) is 0 Å². The largest absolute Gasteiger partial charge is 0.496 e. The summed E-state index contributed by atoms with van der Waals surface area (Å²) in [7, 11) is -2.49. The van der Waals surface area contributed by atoms with Gasteiger partial charge in [-0.25, -0.2) is 8.42 Å². The Bertz CT molecular complexity index is 1190. The topological polar surface area (TPSA) is 85.5 Å². The van der Waals surface area contributed by atoms with Crippen molar-refractivity contribution in [3.63, 3.8) is 0 Å². The van der Waals surface area contributed by atoms with Crippen molar-refractivity contribution in [1.82, 2.24) is 14.4 Å². The minimum absolute atomic E-state index is 0.0505. The SMILES string of the molecule is COc1ccccc1Cc1noc(C2CN(S(=O)(=O)c3cccc(C(F)(F)F)c3)C2)n1. The summed E-state index contributed by atoms with van der Waals surface area (Å²) < 4.78 is 75.7. The zero-order valence-electron chi connectivity index (χ0n) is 16.3. The molecule has 1 aliphatic rings. The van der Waals surface area contributed by atoms with Crippen molar-refractivity contribution < 1.29 is 30.8 Å². The van der Waals surface area contributed by atoms with Crippen molar-refractivity contribution in [3.05, 3.63) is 71.4 Å². The predicted octanol–water partition coefficient (Wildman–Crippen LogP) is 3.48. The van der Waals surface area contributed by atoms with Crippen LogP contribution in [0.1, 0.15) is 28.8 Å². The van der Waals surface area contributed by atoms with E-state index in [0.29, 0.717) is 30.0 Å². The number of hydrogen-bond donors (Lipinski definition) is 0. The van der Waals surface area contributed by atoms with Gasteiger partial charge in [-0.15, -0.1) is 0 Å². The van der Waals surface area contributed by atoms with E-state index in [4.69, 9.17) is 9.26 Å². The number of rotatable bonds is 6.